The van der Waals surface area contributed by atoms with Crippen LogP contribution < -0.4 is 0 Å². The summed E-state index contributed by atoms with van der Waals surface area (Å²) >= 11 is 0. The standard InChI is InChI=1S/C9H10O3/c1-6(11)7-4-9(5-10)3-2-8(7)12-9/h2-3,5,7-8H,4H2,1H3. The van der Waals surface area contributed by atoms with Gasteiger partial charge in [0, 0.05) is 0 Å². The predicted molar refractivity (Wildman–Crippen MR) is 41.6 cm³/mol. The van der Waals surface area contributed by atoms with Crippen molar-refractivity contribution >= 4 is 12.1 Å². The Morgan fingerprint density at radius 2 is 2.50 bits per heavy atom. The van der Waals surface area contributed by atoms with Gasteiger partial charge in [-0.25, -0.2) is 0 Å². The molecule has 2 aliphatic heterocycles. The lowest BCUT2D eigenvalue weighted by atomic mass is 9.85. The van der Waals surface area contributed by atoms with Crippen molar-refractivity contribution in [3.8, 4) is 0 Å². The molecule has 1 saturated heterocycles. The van der Waals surface area contributed by atoms with E-state index in [9.17, 15) is 9.59 Å². The fourth-order valence-electron chi connectivity index (χ4n) is 1.87. The van der Waals surface area contributed by atoms with Crippen molar-refractivity contribution in [1.29, 1.82) is 0 Å². The summed E-state index contributed by atoms with van der Waals surface area (Å²) in [6, 6.07) is 0. The van der Waals surface area contributed by atoms with Crippen LogP contribution in [0.25, 0.3) is 0 Å². The molecule has 0 aliphatic carbocycles. The third-order valence-corrected chi connectivity index (χ3v) is 2.58. The lowest BCUT2D eigenvalue weighted by molar-refractivity contribution is -0.123. The van der Waals surface area contributed by atoms with Crippen molar-refractivity contribution in [2.24, 2.45) is 5.92 Å². The largest absolute Gasteiger partial charge is 0.355 e. The van der Waals surface area contributed by atoms with Crippen LogP contribution in [0.1, 0.15) is 13.3 Å². The number of hydrogen-bond donors (Lipinski definition) is 0. The number of Topliss-reactive ketones (excluding diaryl/α,β-unsaturated/α-hetero) is 1. The van der Waals surface area contributed by atoms with E-state index in [2.05, 4.69) is 0 Å². The Morgan fingerprint density at radius 1 is 1.75 bits per heavy atom. The molecular weight excluding hydrogens is 156 g/mol. The summed E-state index contributed by atoms with van der Waals surface area (Å²) in [7, 11) is 0. The summed E-state index contributed by atoms with van der Waals surface area (Å²) in [5.74, 6) is -0.00623. The molecule has 0 N–H and O–H groups in total. The number of aldehydes is 1. The van der Waals surface area contributed by atoms with E-state index in [0.29, 0.717) is 6.42 Å². The minimum Gasteiger partial charge on any atom is -0.355 e. The minimum absolute atomic E-state index is 0.105. The van der Waals surface area contributed by atoms with Crippen LogP contribution in [0.4, 0.5) is 0 Å². The van der Waals surface area contributed by atoms with Crippen molar-refractivity contribution in [3.05, 3.63) is 12.2 Å². The minimum atomic E-state index is -0.777. The molecule has 0 aromatic carbocycles. The highest BCUT2D eigenvalue weighted by atomic mass is 16.5. The van der Waals surface area contributed by atoms with Gasteiger partial charge < -0.3 is 4.74 Å². The van der Waals surface area contributed by atoms with Gasteiger partial charge in [0.1, 0.15) is 11.4 Å². The molecule has 0 aromatic rings. The fraction of sp³-hybridized carbons (Fsp3) is 0.556. The Balaban J connectivity index is 2.26. The van der Waals surface area contributed by atoms with Crippen LogP contribution in [-0.4, -0.2) is 23.8 Å². The van der Waals surface area contributed by atoms with Gasteiger partial charge in [-0.15, -0.1) is 0 Å². The summed E-state index contributed by atoms with van der Waals surface area (Å²) in [6.07, 6.45) is 4.71. The van der Waals surface area contributed by atoms with Crippen molar-refractivity contribution in [2.45, 2.75) is 25.0 Å². The number of hydrogen-bond acceptors (Lipinski definition) is 3. The van der Waals surface area contributed by atoms with Crippen molar-refractivity contribution in [2.75, 3.05) is 0 Å². The maximum Gasteiger partial charge on any atom is 0.155 e. The number of carbonyl (C=O) groups is 2. The first-order chi connectivity index (χ1) is 5.67. The molecule has 64 valence electrons. The second-order valence-corrected chi connectivity index (χ2v) is 3.44. The highest BCUT2D eigenvalue weighted by Gasteiger charge is 2.49. The van der Waals surface area contributed by atoms with Gasteiger partial charge in [0.05, 0.1) is 12.0 Å². The van der Waals surface area contributed by atoms with E-state index in [0.717, 1.165) is 6.29 Å². The monoisotopic (exact) mass is 166 g/mol. The number of ketones is 1. The SMILES string of the molecule is CC(=O)C1CC2(C=O)C=CC1O2. The number of carbonyl (C=O) groups excluding carboxylic acids is 2. The van der Waals surface area contributed by atoms with Crippen LogP contribution >= 0.6 is 0 Å². The van der Waals surface area contributed by atoms with Crippen LogP contribution in [0.2, 0.25) is 0 Å². The van der Waals surface area contributed by atoms with Crippen molar-refractivity contribution in [3.63, 3.8) is 0 Å². The lowest BCUT2D eigenvalue weighted by Gasteiger charge is -2.14. The second kappa shape index (κ2) is 2.26. The molecule has 0 amide bonds. The molecule has 1 fully saturated rings. The normalized spacial score (nSPS) is 43.4. The average Bonchev–Trinajstić information content (AvgIpc) is 2.61. The summed E-state index contributed by atoms with van der Waals surface area (Å²) in [5, 5.41) is 0. The van der Waals surface area contributed by atoms with Gasteiger partial charge in [0.2, 0.25) is 0 Å². The van der Waals surface area contributed by atoms with Crippen molar-refractivity contribution < 1.29 is 14.3 Å². The first-order valence-electron chi connectivity index (χ1n) is 4.01. The lowest BCUT2D eigenvalue weighted by Crippen LogP contribution is -2.26. The highest BCUT2D eigenvalue weighted by Crippen LogP contribution is 2.41. The molecule has 3 unspecified atom stereocenters. The zero-order valence-corrected chi connectivity index (χ0v) is 6.82. The molecule has 2 heterocycles. The van der Waals surface area contributed by atoms with Gasteiger partial charge in [-0.05, 0) is 19.4 Å². The highest BCUT2D eigenvalue weighted by molar-refractivity contribution is 5.82. The molecule has 3 atom stereocenters. The molecule has 2 rings (SSSR count). The fourth-order valence-corrected chi connectivity index (χ4v) is 1.87. The quantitative estimate of drug-likeness (QED) is 0.443. The third kappa shape index (κ3) is 0.862. The number of ether oxygens (including phenoxy) is 1. The zero-order valence-electron chi connectivity index (χ0n) is 6.82. The van der Waals surface area contributed by atoms with Crippen LogP contribution in [0, 0.1) is 5.92 Å². The van der Waals surface area contributed by atoms with Crippen LogP contribution in [-0.2, 0) is 14.3 Å². The summed E-state index contributed by atoms with van der Waals surface area (Å²) in [6.45, 7) is 1.54. The van der Waals surface area contributed by atoms with E-state index in [4.69, 9.17) is 4.74 Å². The molecule has 12 heavy (non-hydrogen) atoms. The van der Waals surface area contributed by atoms with Gasteiger partial charge in [-0.3, -0.25) is 9.59 Å². The van der Waals surface area contributed by atoms with E-state index in [1.54, 1.807) is 13.0 Å². The topological polar surface area (TPSA) is 43.4 Å². The van der Waals surface area contributed by atoms with Gasteiger partial charge in [-0.1, -0.05) is 6.08 Å². The maximum absolute atomic E-state index is 11.1. The maximum atomic E-state index is 11.1. The van der Waals surface area contributed by atoms with Crippen LogP contribution in [0.5, 0.6) is 0 Å². The Labute approximate surface area is 70.4 Å². The molecule has 0 saturated carbocycles. The van der Waals surface area contributed by atoms with E-state index in [1.807, 2.05) is 6.08 Å². The third-order valence-electron chi connectivity index (χ3n) is 2.58. The Bertz CT molecular complexity index is 269. The molecule has 0 aromatic heterocycles. The van der Waals surface area contributed by atoms with Gasteiger partial charge in [0.15, 0.2) is 6.29 Å². The summed E-state index contributed by atoms with van der Waals surface area (Å²) < 4.78 is 5.38. The smallest absolute Gasteiger partial charge is 0.155 e. The van der Waals surface area contributed by atoms with E-state index in [-0.39, 0.29) is 17.8 Å². The Hall–Kier alpha value is -0.960. The first kappa shape index (κ1) is 7.68. The summed E-state index contributed by atoms with van der Waals surface area (Å²) in [5.41, 5.74) is -0.777. The van der Waals surface area contributed by atoms with Crippen molar-refractivity contribution in [1.82, 2.24) is 0 Å². The second-order valence-electron chi connectivity index (χ2n) is 3.44. The molecular formula is C9H10O3. The Morgan fingerprint density at radius 3 is 2.92 bits per heavy atom. The van der Waals surface area contributed by atoms with Crippen LogP contribution in [0.15, 0.2) is 12.2 Å². The molecule has 3 heteroatoms. The molecule has 3 nitrogen and oxygen atoms in total. The molecule has 2 aliphatic rings. The van der Waals surface area contributed by atoms with Gasteiger partial charge in [-0.2, -0.15) is 0 Å². The first-order valence-corrected chi connectivity index (χ1v) is 4.01. The number of rotatable bonds is 2. The predicted octanol–water partition coefficient (Wildman–Crippen LogP) is 0.488. The van der Waals surface area contributed by atoms with Crippen LogP contribution in [0.3, 0.4) is 0 Å². The molecule has 2 bridgehead atoms. The van der Waals surface area contributed by atoms with E-state index in [1.165, 1.54) is 0 Å². The van der Waals surface area contributed by atoms with E-state index >= 15 is 0 Å². The number of fused-ring (bicyclic) bond motifs is 2. The van der Waals surface area contributed by atoms with E-state index < -0.39 is 5.60 Å². The summed E-state index contributed by atoms with van der Waals surface area (Å²) in [4.78, 5) is 21.7. The molecule has 0 radical (unpaired) electrons. The van der Waals surface area contributed by atoms with Gasteiger partial charge >= 0.3 is 0 Å². The van der Waals surface area contributed by atoms with Gasteiger partial charge in [0.25, 0.3) is 0 Å². The average molecular weight is 166 g/mol. The zero-order chi connectivity index (χ0) is 8.77. The Kier molecular flexibility index (Phi) is 1.45. The molecule has 0 spiro atoms.